The van der Waals surface area contributed by atoms with Crippen LogP contribution in [0.3, 0.4) is 0 Å². The molecule has 0 fully saturated rings. The summed E-state index contributed by atoms with van der Waals surface area (Å²) in [7, 11) is 0. The summed E-state index contributed by atoms with van der Waals surface area (Å²) >= 11 is 1.38. The van der Waals surface area contributed by atoms with Gasteiger partial charge >= 0.3 is 5.97 Å². The molecular weight excluding hydrogens is 238 g/mol. The first-order valence-electron chi connectivity index (χ1n) is 5.00. The van der Waals surface area contributed by atoms with Gasteiger partial charge < -0.3 is 10.4 Å². The largest absolute Gasteiger partial charge is 0.481 e. The first-order valence-corrected chi connectivity index (χ1v) is 5.88. The minimum atomic E-state index is -0.876. The van der Waals surface area contributed by atoms with Crippen LogP contribution in [0.15, 0.2) is 23.7 Å². The quantitative estimate of drug-likeness (QED) is 0.869. The highest BCUT2D eigenvalue weighted by Crippen LogP contribution is 2.22. The Morgan fingerprint density at radius 3 is 3.12 bits per heavy atom. The fraction of sp³-hybridized carbons (Fsp3) is 0.182. The highest BCUT2D eigenvalue weighted by Gasteiger charge is 2.07. The fourth-order valence-corrected chi connectivity index (χ4v) is 2.05. The standard InChI is InChI=1S/C11H11N3O2S/c1-7-9(3-2-4-12-7)14-11-13-8(6-17-11)5-10(15)16/h2-4,6H,5H2,1H3,(H,13,14)(H,15,16). The summed E-state index contributed by atoms with van der Waals surface area (Å²) in [5.74, 6) is -0.876. The van der Waals surface area contributed by atoms with Crippen LogP contribution in [0.5, 0.6) is 0 Å². The number of hydrogen-bond donors (Lipinski definition) is 2. The summed E-state index contributed by atoms with van der Waals surface area (Å²) in [5, 5.41) is 14.2. The molecule has 0 amide bonds. The molecule has 0 aliphatic rings. The van der Waals surface area contributed by atoms with Gasteiger partial charge in [-0.3, -0.25) is 9.78 Å². The van der Waals surface area contributed by atoms with Crippen LogP contribution < -0.4 is 5.32 Å². The molecule has 88 valence electrons. The predicted octanol–water partition coefficient (Wildman–Crippen LogP) is 2.22. The molecule has 5 nitrogen and oxygen atoms in total. The number of thiazole rings is 1. The molecule has 2 rings (SSSR count). The molecule has 2 N–H and O–H groups in total. The van der Waals surface area contributed by atoms with Crippen LogP contribution in [0, 0.1) is 6.92 Å². The first-order chi connectivity index (χ1) is 8.15. The Labute approximate surface area is 102 Å². The van der Waals surface area contributed by atoms with Crippen molar-refractivity contribution in [1.82, 2.24) is 9.97 Å². The highest BCUT2D eigenvalue weighted by atomic mass is 32.1. The van der Waals surface area contributed by atoms with Gasteiger partial charge in [0.05, 0.1) is 23.5 Å². The van der Waals surface area contributed by atoms with Crippen LogP contribution in [0.1, 0.15) is 11.4 Å². The summed E-state index contributed by atoms with van der Waals surface area (Å²) in [4.78, 5) is 18.9. The first kappa shape index (κ1) is 11.5. The second-order valence-corrected chi connectivity index (χ2v) is 4.33. The molecule has 2 aromatic rings. The van der Waals surface area contributed by atoms with Crippen LogP contribution in [0.25, 0.3) is 0 Å². The molecule has 17 heavy (non-hydrogen) atoms. The number of pyridine rings is 1. The Bertz CT molecular complexity index is 539. The zero-order valence-corrected chi connectivity index (χ0v) is 9.99. The number of anilines is 2. The Morgan fingerprint density at radius 2 is 2.41 bits per heavy atom. The minimum absolute atomic E-state index is 0.0514. The highest BCUT2D eigenvalue weighted by molar-refractivity contribution is 7.13. The molecule has 2 aromatic heterocycles. The lowest BCUT2D eigenvalue weighted by Gasteiger charge is -2.04. The SMILES string of the molecule is Cc1ncccc1Nc1nc(CC(=O)O)cs1. The number of aryl methyl sites for hydroxylation is 1. The number of hydrogen-bond acceptors (Lipinski definition) is 5. The van der Waals surface area contributed by atoms with Gasteiger partial charge in [0.2, 0.25) is 0 Å². The summed E-state index contributed by atoms with van der Waals surface area (Å²) in [6, 6.07) is 3.74. The van der Waals surface area contributed by atoms with E-state index in [1.54, 1.807) is 11.6 Å². The molecule has 0 atom stereocenters. The lowest BCUT2D eigenvalue weighted by molar-refractivity contribution is -0.136. The second-order valence-electron chi connectivity index (χ2n) is 3.48. The molecule has 0 saturated heterocycles. The Hall–Kier alpha value is -1.95. The van der Waals surface area contributed by atoms with E-state index in [1.807, 2.05) is 19.1 Å². The smallest absolute Gasteiger partial charge is 0.309 e. The number of carbonyl (C=O) groups is 1. The van der Waals surface area contributed by atoms with Crippen molar-refractivity contribution in [3.8, 4) is 0 Å². The Kier molecular flexibility index (Phi) is 3.34. The van der Waals surface area contributed by atoms with Gasteiger partial charge in [-0.2, -0.15) is 0 Å². The van der Waals surface area contributed by atoms with Gasteiger partial charge in [0.15, 0.2) is 5.13 Å². The molecule has 0 aromatic carbocycles. The third-order valence-electron chi connectivity index (χ3n) is 2.13. The molecule has 2 heterocycles. The number of aromatic nitrogens is 2. The summed E-state index contributed by atoms with van der Waals surface area (Å²) < 4.78 is 0. The van der Waals surface area contributed by atoms with E-state index < -0.39 is 5.97 Å². The van der Waals surface area contributed by atoms with Crippen molar-refractivity contribution in [2.75, 3.05) is 5.32 Å². The van der Waals surface area contributed by atoms with E-state index in [2.05, 4.69) is 15.3 Å². The summed E-state index contributed by atoms with van der Waals surface area (Å²) in [6.07, 6.45) is 1.67. The van der Waals surface area contributed by atoms with E-state index in [4.69, 9.17) is 5.11 Å². The van der Waals surface area contributed by atoms with Crippen LogP contribution >= 0.6 is 11.3 Å². The normalized spacial score (nSPS) is 10.2. The van der Waals surface area contributed by atoms with Gasteiger partial charge in [-0.1, -0.05) is 0 Å². The zero-order chi connectivity index (χ0) is 12.3. The van der Waals surface area contributed by atoms with E-state index in [0.29, 0.717) is 10.8 Å². The van der Waals surface area contributed by atoms with Crippen molar-refractivity contribution >= 4 is 28.1 Å². The maximum absolute atomic E-state index is 10.5. The van der Waals surface area contributed by atoms with E-state index in [0.717, 1.165) is 11.4 Å². The Morgan fingerprint density at radius 1 is 1.59 bits per heavy atom. The van der Waals surface area contributed by atoms with Crippen LogP contribution in [-0.2, 0) is 11.2 Å². The number of rotatable bonds is 4. The maximum Gasteiger partial charge on any atom is 0.309 e. The topological polar surface area (TPSA) is 75.1 Å². The fourth-order valence-electron chi connectivity index (χ4n) is 1.33. The number of carboxylic acids is 1. The molecule has 0 radical (unpaired) electrons. The van der Waals surface area contributed by atoms with Gasteiger partial charge in [-0.25, -0.2) is 4.98 Å². The lowest BCUT2D eigenvalue weighted by Crippen LogP contribution is -2.00. The van der Waals surface area contributed by atoms with Gasteiger partial charge in [0.1, 0.15) is 0 Å². The molecule has 0 spiro atoms. The van der Waals surface area contributed by atoms with E-state index >= 15 is 0 Å². The minimum Gasteiger partial charge on any atom is -0.481 e. The van der Waals surface area contributed by atoms with Gasteiger partial charge in [0.25, 0.3) is 0 Å². The molecule has 0 unspecified atom stereocenters. The number of carboxylic acid groups (broad SMARTS) is 1. The summed E-state index contributed by atoms with van der Waals surface area (Å²) in [6.45, 7) is 1.90. The summed E-state index contributed by atoms with van der Waals surface area (Å²) in [5.41, 5.74) is 2.32. The number of nitrogens with one attached hydrogen (secondary N) is 1. The van der Waals surface area contributed by atoms with Crippen molar-refractivity contribution in [3.63, 3.8) is 0 Å². The zero-order valence-electron chi connectivity index (χ0n) is 9.17. The average Bonchev–Trinajstić information content (AvgIpc) is 2.68. The van der Waals surface area contributed by atoms with Crippen LogP contribution in [-0.4, -0.2) is 21.0 Å². The monoisotopic (exact) mass is 249 g/mol. The van der Waals surface area contributed by atoms with Crippen molar-refractivity contribution in [1.29, 1.82) is 0 Å². The molecule has 0 saturated carbocycles. The average molecular weight is 249 g/mol. The molecule has 0 aliphatic carbocycles. The van der Waals surface area contributed by atoms with Gasteiger partial charge in [0, 0.05) is 11.6 Å². The number of aliphatic carboxylic acids is 1. The molecule has 0 aliphatic heterocycles. The van der Waals surface area contributed by atoms with E-state index in [-0.39, 0.29) is 6.42 Å². The molecular formula is C11H11N3O2S. The third kappa shape index (κ3) is 3.01. The van der Waals surface area contributed by atoms with Crippen molar-refractivity contribution in [2.45, 2.75) is 13.3 Å². The lowest BCUT2D eigenvalue weighted by atomic mass is 10.3. The molecule has 0 bridgehead atoms. The predicted molar refractivity (Wildman–Crippen MR) is 65.7 cm³/mol. The van der Waals surface area contributed by atoms with Crippen molar-refractivity contribution < 1.29 is 9.90 Å². The third-order valence-corrected chi connectivity index (χ3v) is 2.94. The number of nitrogens with zero attached hydrogens (tertiary/aromatic N) is 2. The molecule has 6 heteroatoms. The van der Waals surface area contributed by atoms with Gasteiger partial charge in [-0.15, -0.1) is 11.3 Å². The second kappa shape index (κ2) is 4.92. The van der Waals surface area contributed by atoms with Crippen molar-refractivity contribution in [3.05, 3.63) is 35.1 Å². The van der Waals surface area contributed by atoms with E-state index in [9.17, 15) is 4.79 Å². The Balaban J connectivity index is 2.12. The van der Waals surface area contributed by atoms with Crippen molar-refractivity contribution in [2.24, 2.45) is 0 Å². The van der Waals surface area contributed by atoms with Crippen LogP contribution in [0.4, 0.5) is 10.8 Å². The van der Waals surface area contributed by atoms with Gasteiger partial charge in [-0.05, 0) is 19.1 Å². The van der Waals surface area contributed by atoms with Crippen LogP contribution in [0.2, 0.25) is 0 Å². The maximum atomic E-state index is 10.5. The van der Waals surface area contributed by atoms with E-state index in [1.165, 1.54) is 11.3 Å².